The van der Waals surface area contributed by atoms with Crippen LogP contribution in [0.25, 0.3) is 0 Å². The monoisotopic (exact) mass is 196 g/mol. The molecule has 0 spiro atoms. The summed E-state index contributed by atoms with van der Waals surface area (Å²) in [5.41, 5.74) is 0.922. The van der Waals surface area contributed by atoms with Crippen molar-refractivity contribution in [1.29, 1.82) is 0 Å². The van der Waals surface area contributed by atoms with E-state index in [4.69, 9.17) is 0 Å². The summed E-state index contributed by atoms with van der Waals surface area (Å²) in [4.78, 5) is 11.1. The minimum atomic E-state index is -0.634. The second-order valence-electron chi connectivity index (χ2n) is 3.39. The average molecular weight is 196 g/mol. The number of hydrogen-bond donors (Lipinski definition) is 0. The van der Waals surface area contributed by atoms with Gasteiger partial charge >= 0.3 is 5.97 Å². The van der Waals surface area contributed by atoms with Gasteiger partial charge in [0.2, 0.25) is 0 Å². The molecule has 0 radical (unpaired) electrons. The number of methoxy groups -OCH3 is 1. The van der Waals surface area contributed by atoms with Crippen molar-refractivity contribution in [3.63, 3.8) is 0 Å². The van der Waals surface area contributed by atoms with Crippen molar-refractivity contribution in [3.8, 4) is 0 Å². The number of benzene rings is 1. The molecule has 1 aromatic carbocycles. The van der Waals surface area contributed by atoms with E-state index in [1.54, 1.807) is 6.07 Å². The predicted molar refractivity (Wildman–Crippen MR) is 51.8 cm³/mol. The van der Waals surface area contributed by atoms with Gasteiger partial charge in [0.1, 0.15) is 5.82 Å². The van der Waals surface area contributed by atoms with E-state index in [-0.39, 0.29) is 11.5 Å². The van der Waals surface area contributed by atoms with Gasteiger partial charge in [-0.1, -0.05) is 19.9 Å². The van der Waals surface area contributed by atoms with Crippen LogP contribution in [0.15, 0.2) is 18.2 Å². The molecule has 0 amide bonds. The number of ether oxygens (including phenoxy) is 1. The van der Waals surface area contributed by atoms with E-state index in [1.165, 1.54) is 19.2 Å². The van der Waals surface area contributed by atoms with Gasteiger partial charge in [0.25, 0.3) is 0 Å². The molecule has 14 heavy (non-hydrogen) atoms. The molecule has 76 valence electrons. The van der Waals surface area contributed by atoms with Crippen LogP contribution in [0.4, 0.5) is 4.39 Å². The maximum absolute atomic E-state index is 13.2. The first-order valence-electron chi connectivity index (χ1n) is 4.44. The molecule has 1 rings (SSSR count). The van der Waals surface area contributed by atoms with Crippen LogP contribution in [0.2, 0.25) is 0 Å². The lowest BCUT2D eigenvalue weighted by molar-refractivity contribution is 0.0595. The summed E-state index contributed by atoms with van der Waals surface area (Å²) >= 11 is 0. The van der Waals surface area contributed by atoms with Crippen molar-refractivity contribution in [2.45, 2.75) is 19.8 Å². The molecular weight excluding hydrogens is 183 g/mol. The summed E-state index contributed by atoms with van der Waals surface area (Å²) in [6.45, 7) is 3.96. The van der Waals surface area contributed by atoms with Gasteiger partial charge in [-0.05, 0) is 23.6 Å². The molecule has 0 bridgehead atoms. The molecule has 0 aliphatic heterocycles. The zero-order valence-electron chi connectivity index (χ0n) is 8.50. The predicted octanol–water partition coefficient (Wildman–Crippen LogP) is 2.74. The Morgan fingerprint density at radius 3 is 2.57 bits per heavy atom. The van der Waals surface area contributed by atoms with Crippen LogP contribution in [-0.4, -0.2) is 13.1 Å². The Hall–Kier alpha value is -1.38. The molecule has 0 heterocycles. The van der Waals surface area contributed by atoms with Gasteiger partial charge < -0.3 is 4.74 Å². The van der Waals surface area contributed by atoms with Crippen LogP contribution in [-0.2, 0) is 4.74 Å². The first-order chi connectivity index (χ1) is 6.56. The molecule has 0 unspecified atom stereocenters. The topological polar surface area (TPSA) is 26.3 Å². The highest BCUT2D eigenvalue weighted by atomic mass is 19.1. The third-order valence-corrected chi connectivity index (χ3v) is 2.06. The number of carbonyl (C=O) groups excluding carboxylic acids is 1. The van der Waals surface area contributed by atoms with E-state index in [9.17, 15) is 9.18 Å². The number of halogens is 1. The van der Waals surface area contributed by atoms with Crippen LogP contribution in [0.3, 0.4) is 0 Å². The summed E-state index contributed by atoms with van der Waals surface area (Å²) in [7, 11) is 1.24. The van der Waals surface area contributed by atoms with E-state index >= 15 is 0 Å². The maximum atomic E-state index is 13.2. The molecule has 0 aliphatic rings. The quantitative estimate of drug-likeness (QED) is 0.680. The lowest BCUT2D eigenvalue weighted by Gasteiger charge is -2.07. The van der Waals surface area contributed by atoms with Crippen LogP contribution in [0.1, 0.15) is 35.7 Å². The molecule has 0 aliphatic carbocycles. The fraction of sp³-hybridized carbons (Fsp3) is 0.364. The molecule has 0 fully saturated rings. The number of esters is 1. The van der Waals surface area contributed by atoms with E-state index in [0.29, 0.717) is 0 Å². The summed E-state index contributed by atoms with van der Waals surface area (Å²) in [6.07, 6.45) is 0. The maximum Gasteiger partial charge on any atom is 0.340 e. The highest BCUT2D eigenvalue weighted by Crippen LogP contribution is 2.18. The van der Waals surface area contributed by atoms with Gasteiger partial charge in [-0.25, -0.2) is 9.18 Å². The zero-order valence-corrected chi connectivity index (χ0v) is 8.50. The highest BCUT2D eigenvalue weighted by Gasteiger charge is 2.13. The summed E-state index contributed by atoms with van der Waals surface area (Å²) in [6, 6.07) is 4.50. The fourth-order valence-electron chi connectivity index (χ4n) is 1.17. The van der Waals surface area contributed by atoms with Gasteiger partial charge in [-0.2, -0.15) is 0 Å². The van der Waals surface area contributed by atoms with Crippen LogP contribution >= 0.6 is 0 Å². The second-order valence-corrected chi connectivity index (χ2v) is 3.39. The molecule has 0 atom stereocenters. The van der Waals surface area contributed by atoms with Crippen molar-refractivity contribution >= 4 is 5.97 Å². The van der Waals surface area contributed by atoms with E-state index < -0.39 is 11.8 Å². The fourth-order valence-corrected chi connectivity index (χ4v) is 1.17. The number of hydrogen-bond acceptors (Lipinski definition) is 2. The first-order valence-corrected chi connectivity index (χ1v) is 4.44. The van der Waals surface area contributed by atoms with E-state index in [2.05, 4.69) is 4.74 Å². The first kappa shape index (κ1) is 10.7. The van der Waals surface area contributed by atoms with Crippen molar-refractivity contribution in [2.75, 3.05) is 7.11 Å². The smallest absolute Gasteiger partial charge is 0.340 e. The minimum absolute atomic E-state index is 0.00120. The number of rotatable bonds is 2. The van der Waals surface area contributed by atoms with Gasteiger partial charge in [0.05, 0.1) is 12.7 Å². The molecular formula is C11H13FO2. The van der Waals surface area contributed by atoms with Crippen LogP contribution < -0.4 is 0 Å². The normalized spacial score (nSPS) is 10.4. The molecule has 0 saturated heterocycles. The zero-order chi connectivity index (χ0) is 10.7. The van der Waals surface area contributed by atoms with Crippen molar-refractivity contribution < 1.29 is 13.9 Å². The lowest BCUT2D eigenvalue weighted by atomic mass is 10.0. The lowest BCUT2D eigenvalue weighted by Crippen LogP contribution is -2.05. The Morgan fingerprint density at radius 1 is 1.43 bits per heavy atom. The minimum Gasteiger partial charge on any atom is -0.465 e. The Morgan fingerprint density at radius 2 is 2.07 bits per heavy atom. The summed E-state index contributed by atoms with van der Waals surface area (Å²) in [5.74, 6) is -0.912. The SMILES string of the molecule is COC(=O)c1cc(C(C)C)ccc1F. The molecule has 2 nitrogen and oxygen atoms in total. The summed E-state index contributed by atoms with van der Waals surface area (Å²) in [5, 5.41) is 0. The third-order valence-electron chi connectivity index (χ3n) is 2.06. The molecule has 1 aromatic rings. The van der Waals surface area contributed by atoms with Gasteiger partial charge in [0.15, 0.2) is 0 Å². The van der Waals surface area contributed by atoms with Gasteiger partial charge in [-0.3, -0.25) is 0 Å². The van der Waals surface area contributed by atoms with Crippen LogP contribution in [0.5, 0.6) is 0 Å². The number of carbonyl (C=O) groups is 1. The second kappa shape index (κ2) is 4.22. The summed E-state index contributed by atoms with van der Waals surface area (Å²) < 4.78 is 17.6. The Bertz CT molecular complexity index is 345. The Labute approximate surface area is 82.7 Å². The van der Waals surface area contributed by atoms with Crippen molar-refractivity contribution in [1.82, 2.24) is 0 Å². The molecule has 0 N–H and O–H groups in total. The van der Waals surface area contributed by atoms with Crippen LogP contribution in [0, 0.1) is 5.82 Å². The van der Waals surface area contributed by atoms with E-state index in [1.807, 2.05) is 13.8 Å². The van der Waals surface area contributed by atoms with E-state index in [0.717, 1.165) is 5.56 Å². The largest absolute Gasteiger partial charge is 0.465 e. The Balaban J connectivity index is 3.15. The third kappa shape index (κ3) is 2.10. The molecule has 0 aromatic heterocycles. The van der Waals surface area contributed by atoms with Gasteiger partial charge in [0, 0.05) is 0 Å². The highest BCUT2D eigenvalue weighted by molar-refractivity contribution is 5.89. The molecule has 0 saturated carbocycles. The van der Waals surface area contributed by atoms with Crippen molar-refractivity contribution in [2.24, 2.45) is 0 Å². The van der Waals surface area contributed by atoms with Gasteiger partial charge in [-0.15, -0.1) is 0 Å². The van der Waals surface area contributed by atoms with Crippen molar-refractivity contribution in [3.05, 3.63) is 35.1 Å². The molecule has 3 heteroatoms. The Kier molecular flexibility index (Phi) is 3.23. The standard InChI is InChI=1S/C11H13FO2/c1-7(2)8-4-5-10(12)9(6-8)11(13)14-3/h4-7H,1-3H3. The average Bonchev–Trinajstić information content (AvgIpc) is 2.17.